The Labute approximate surface area is 174 Å². The van der Waals surface area contributed by atoms with Crippen LogP contribution in [0.15, 0.2) is 54.6 Å². The summed E-state index contributed by atoms with van der Waals surface area (Å²) >= 11 is 0. The number of nitrogens with one attached hydrogen (secondary N) is 3. The Morgan fingerprint density at radius 3 is 2.63 bits per heavy atom. The van der Waals surface area contributed by atoms with E-state index in [1.807, 2.05) is 31.2 Å². The third-order valence-electron chi connectivity index (χ3n) is 5.47. The van der Waals surface area contributed by atoms with Crippen LogP contribution in [0.1, 0.15) is 24.0 Å². The quantitative estimate of drug-likeness (QED) is 0.585. The maximum Gasteiger partial charge on any atom is 0.242 e. The smallest absolute Gasteiger partial charge is 0.242 e. The number of hydrogen-bond acceptors (Lipinski definition) is 2. The van der Waals surface area contributed by atoms with Crippen molar-refractivity contribution in [2.45, 2.75) is 32.2 Å². The molecule has 1 atom stereocenters. The SMILES string of the molecule is Cc1ccccc1-c1cc(CCC(=O)NC2CCNC2=O)c(-c2ccc(F)cc2)[nH]1. The van der Waals surface area contributed by atoms with E-state index < -0.39 is 6.04 Å². The predicted octanol–water partition coefficient (Wildman–Crippen LogP) is 3.73. The summed E-state index contributed by atoms with van der Waals surface area (Å²) in [7, 11) is 0. The summed E-state index contributed by atoms with van der Waals surface area (Å²) < 4.78 is 13.4. The highest BCUT2D eigenvalue weighted by Crippen LogP contribution is 2.31. The van der Waals surface area contributed by atoms with Gasteiger partial charge in [-0.2, -0.15) is 0 Å². The van der Waals surface area contributed by atoms with E-state index in [0.29, 0.717) is 19.4 Å². The molecule has 0 aliphatic carbocycles. The first kappa shape index (κ1) is 19.9. The topological polar surface area (TPSA) is 74.0 Å². The lowest BCUT2D eigenvalue weighted by atomic mass is 10.0. The molecule has 154 valence electrons. The van der Waals surface area contributed by atoms with Gasteiger partial charge in [-0.15, -0.1) is 0 Å². The molecule has 1 aliphatic heterocycles. The van der Waals surface area contributed by atoms with Crippen molar-refractivity contribution in [3.63, 3.8) is 0 Å². The van der Waals surface area contributed by atoms with Crippen LogP contribution in [0.5, 0.6) is 0 Å². The van der Waals surface area contributed by atoms with E-state index >= 15 is 0 Å². The van der Waals surface area contributed by atoms with Gasteiger partial charge in [-0.3, -0.25) is 9.59 Å². The molecule has 0 bridgehead atoms. The molecule has 0 radical (unpaired) electrons. The van der Waals surface area contributed by atoms with Crippen LogP contribution in [0.3, 0.4) is 0 Å². The van der Waals surface area contributed by atoms with E-state index in [9.17, 15) is 14.0 Å². The molecule has 5 nitrogen and oxygen atoms in total. The van der Waals surface area contributed by atoms with Gasteiger partial charge < -0.3 is 15.6 Å². The molecule has 1 unspecified atom stereocenters. The Hall–Kier alpha value is -3.41. The first-order valence-electron chi connectivity index (χ1n) is 10.1. The van der Waals surface area contributed by atoms with E-state index in [-0.39, 0.29) is 24.1 Å². The van der Waals surface area contributed by atoms with Crippen LogP contribution < -0.4 is 10.6 Å². The minimum absolute atomic E-state index is 0.126. The molecule has 30 heavy (non-hydrogen) atoms. The normalized spacial score (nSPS) is 15.8. The number of amides is 2. The van der Waals surface area contributed by atoms with Crippen molar-refractivity contribution < 1.29 is 14.0 Å². The van der Waals surface area contributed by atoms with Crippen LogP contribution in [-0.4, -0.2) is 29.4 Å². The zero-order chi connectivity index (χ0) is 21.1. The first-order chi connectivity index (χ1) is 14.5. The molecule has 2 heterocycles. The predicted molar refractivity (Wildman–Crippen MR) is 114 cm³/mol. The fraction of sp³-hybridized carbons (Fsp3) is 0.250. The Balaban J connectivity index is 1.58. The van der Waals surface area contributed by atoms with Gasteiger partial charge in [0.25, 0.3) is 0 Å². The molecule has 0 spiro atoms. The van der Waals surface area contributed by atoms with Crippen molar-refractivity contribution in [2.75, 3.05) is 6.54 Å². The molecule has 6 heteroatoms. The van der Waals surface area contributed by atoms with E-state index in [1.165, 1.54) is 12.1 Å². The van der Waals surface area contributed by atoms with Crippen LogP contribution in [0.4, 0.5) is 4.39 Å². The summed E-state index contributed by atoms with van der Waals surface area (Å²) in [5.74, 6) is -0.570. The second kappa shape index (κ2) is 8.53. The van der Waals surface area contributed by atoms with Crippen LogP contribution in [0, 0.1) is 12.7 Å². The van der Waals surface area contributed by atoms with Crippen molar-refractivity contribution in [1.29, 1.82) is 0 Å². The van der Waals surface area contributed by atoms with Crippen LogP contribution in [0.2, 0.25) is 0 Å². The second-order valence-electron chi connectivity index (χ2n) is 7.60. The number of aromatic nitrogens is 1. The number of aromatic amines is 1. The lowest BCUT2D eigenvalue weighted by Crippen LogP contribution is -2.40. The fourth-order valence-corrected chi connectivity index (χ4v) is 3.84. The van der Waals surface area contributed by atoms with Crippen LogP contribution >= 0.6 is 0 Å². The number of rotatable bonds is 6. The first-order valence-corrected chi connectivity index (χ1v) is 10.1. The molecule has 3 aromatic rings. The standard InChI is InChI=1S/C24H24FN3O2/c1-15-4-2-3-5-19(15)21-14-17(23(28-21)16-6-9-18(25)10-7-16)8-11-22(29)27-20-12-13-26-24(20)30/h2-7,9-10,14,20,28H,8,11-13H2,1H3,(H,26,30)(H,27,29). The Morgan fingerprint density at radius 2 is 1.93 bits per heavy atom. The molecule has 3 N–H and O–H groups in total. The molecule has 1 saturated heterocycles. The Morgan fingerprint density at radius 1 is 1.17 bits per heavy atom. The zero-order valence-electron chi connectivity index (χ0n) is 16.8. The van der Waals surface area contributed by atoms with E-state index in [4.69, 9.17) is 0 Å². The zero-order valence-corrected chi connectivity index (χ0v) is 16.8. The number of carbonyl (C=O) groups excluding carboxylic acids is 2. The lowest BCUT2D eigenvalue weighted by Gasteiger charge is -2.10. The van der Waals surface area contributed by atoms with Gasteiger partial charge in [0.05, 0.1) is 0 Å². The number of carbonyl (C=O) groups is 2. The minimum atomic E-state index is -0.442. The molecule has 0 saturated carbocycles. The average Bonchev–Trinajstić information content (AvgIpc) is 3.34. The van der Waals surface area contributed by atoms with Crippen molar-refractivity contribution >= 4 is 11.8 Å². The molecule has 2 aromatic carbocycles. The molecule has 1 aliphatic rings. The lowest BCUT2D eigenvalue weighted by molar-refractivity contribution is -0.127. The van der Waals surface area contributed by atoms with Gasteiger partial charge in [0.15, 0.2) is 0 Å². The summed E-state index contributed by atoms with van der Waals surface area (Å²) in [6, 6.07) is 16.0. The van der Waals surface area contributed by atoms with Crippen molar-refractivity contribution in [3.05, 3.63) is 71.5 Å². The number of H-pyrrole nitrogens is 1. The van der Waals surface area contributed by atoms with Gasteiger partial charge in [-0.05, 0) is 66.8 Å². The van der Waals surface area contributed by atoms with E-state index in [2.05, 4.69) is 21.7 Å². The minimum Gasteiger partial charge on any atom is -0.354 e. The summed E-state index contributed by atoms with van der Waals surface area (Å²) in [4.78, 5) is 27.5. The van der Waals surface area contributed by atoms with E-state index in [1.54, 1.807) is 12.1 Å². The fourth-order valence-electron chi connectivity index (χ4n) is 3.84. The number of benzene rings is 2. The third kappa shape index (κ3) is 4.27. The molecule has 2 amide bonds. The number of hydrogen-bond donors (Lipinski definition) is 3. The maximum absolute atomic E-state index is 13.4. The largest absolute Gasteiger partial charge is 0.354 e. The highest BCUT2D eigenvalue weighted by Gasteiger charge is 2.25. The van der Waals surface area contributed by atoms with Crippen molar-refractivity contribution in [1.82, 2.24) is 15.6 Å². The van der Waals surface area contributed by atoms with Gasteiger partial charge in [-0.25, -0.2) is 4.39 Å². The van der Waals surface area contributed by atoms with Crippen molar-refractivity contribution in [2.24, 2.45) is 0 Å². The summed E-state index contributed by atoms with van der Waals surface area (Å²) in [5.41, 5.74) is 5.89. The van der Waals surface area contributed by atoms with Crippen LogP contribution in [0.25, 0.3) is 22.5 Å². The second-order valence-corrected chi connectivity index (χ2v) is 7.60. The van der Waals surface area contributed by atoms with Gasteiger partial charge in [0.1, 0.15) is 11.9 Å². The van der Waals surface area contributed by atoms with Gasteiger partial charge in [-0.1, -0.05) is 24.3 Å². The summed E-state index contributed by atoms with van der Waals surface area (Å²) in [5, 5.41) is 5.52. The number of halogens is 1. The monoisotopic (exact) mass is 405 g/mol. The Kier molecular flexibility index (Phi) is 5.65. The highest BCUT2D eigenvalue weighted by molar-refractivity contribution is 5.89. The highest BCUT2D eigenvalue weighted by atomic mass is 19.1. The molecular formula is C24H24FN3O2. The van der Waals surface area contributed by atoms with E-state index in [0.717, 1.165) is 33.6 Å². The summed E-state index contributed by atoms with van der Waals surface area (Å²) in [6.45, 7) is 2.64. The molecular weight excluding hydrogens is 381 g/mol. The molecule has 1 aromatic heterocycles. The average molecular weight is 405 g/mol. The number of aryl methyl sites for hydroxylation is 2. The molecule has 4 rings (SSSR count). The molecule has 1 fully saturated rings. The van der Waals surface area contributed by atoms with Crippen LogP contribution in [-0.2, 0) is 16.0 Å². The van der Waals surface area contributed by atoms with Gasteiger partial charge in [0.2, 0.25) is 11.8 Å². The van der Waals surface area contributed by atoms with Crippen molar-refractivity contribution in [3.8, 4) is 22.5 Å². The Bertz CT molecular complexity index is 1070. The third-order valence-corrected chi connectivity index (χ3v) is 5.47. The summed E-state index contributed by atoms with van der Waals surface area (Å²) in [6.07, 6.45) is 1.39. The van der Waals surface area contributed by atoms with Gasteiger partial charge in [0, 0.05) is 29.9 Å². The van der Waals surface area contributed by atoms with Gasteiger partial charge >= 0.3 is 0 Å². The maximum atomic E-state index is 13.4.